The molecule has 0 amide bonds. The molecule has 2 unspecified atom stereocenters. The molecule has 0 fully saturated rings. The van der Waals surface area contributed by atoms with E-state index in [0.717, 1.165) is 6.42 Å². The minimum Gasteiger partial charge on any atom is -0.316 e. The quantitative estimate of drug-likeness (QED) is 0.722. The molecule has 1 N–H and O–H groups in total. The first kappa shape index (κ1) is 17.8. The molecule has 1 aromatic carbocycles. The van der Waals surface area contributed by atoms with Crippen molar-refractivity contribution in [2.75, 3.05) is 25.1 Å². The molecule has 116 valence electrons. The van der Waals surface area contributed by atoms with Crippen molar-refractivity contribution in [3.8, 4) is 6.07 Å². The van der Waals surface area contributed by atoms with Gasteiger partial charge in [-0.1, -0.05) is 6.92 Å². The van der Waals surface area contributed by atoms with Gasteiger partial charge in [0.05, 0.1) is 22.3 Å². The number of hydrogen-bond donors (Lipinski definition) is 1. The van der Waals surface area contributed by atoms with Gasteiger partial charge in [0.15, 0.2) is 9.84 Å². The number of hydrogen-bond acceptors (Lipinski definition) is 5. The van der Waals surface area contributed by atoms with Crippen LogP contribution in [0.4, 0.5) is 0 Å². The van der Waals surface area contributed by atoms with Crippen molar-refractivity contribution in [2.45, 2.75) is 23.5 Å². The van der Waals surface area contributed by atoms with E-state index in [4.69, 9.17) is 5.26 Å². The maximum atomic E-state index is 12.1. The van der Waals surface area contributed by atoms with E-state index in [9.17, 15) is 12.6 Å². The van der Waals surface area contributed by atoms with Crippen LogP contribution < -0.4 is 5.32 Å². The van der Waals surface area contributed by atoms with Gasteiger partial charge in [0.25, 0.3) is 0 Å². The summed E-state index contributed by atoms with van der Waals surface area (Å²) in [5, 5.41) is 11.8. The molecule has 2 atom stereocenters. The molecule has 1 rings (SSSR count). The highest BCUT2D eigenvalue weighted by Crippen LogP contribution is 2.11. The summed E-state index contributed by atoms with van der Waals surface area (Å²) in [5.74, 6) is 0.00248. The standard InChI is InChI=1S/C14H20N2O3S2/c1-12(20(2)17)7-8-16-9-10-21(18,19)14-5-3-13(11-15)4-6-14/h3-6,12,16H,7-10H2,1-2H3. The zero-order chi connectivity index (χ0) is 15.9. The second-order valence-corrected chi connectivity index (χ2v) is 8.71. The van der Waals surface area contributed by atoms with Crippen molar-refractivity contribution in [1.82, 2.24) is 5.32 Å². The summed E-state index contributed by atoms with van der Waals surface area (Å²) >= 11 is 0. The fourth-order valence-electron chi connectivity index (χ4n) is 1.66. The van der Waals surface area contributed by atoms with E-state index < -0.39 is 20.6 Å². The smallest absolute Gasteiger partial charge is 0.179 e. The van der Waals surface area contributed by atoms with E-state index in [1.807, 2.05) is 13.0 Å². The molecule has 0 saturated carbocycles. The Balaban J connectivity index is 2.43. The normalized spacial score (nSPS) is 14.3. The molecule has 21 heavy (non-hydrogen) atoms. The van der Waals surface area contributed by atoms with Gasteiger partial charge in [0.2, 0.25) is 0 Å². The van der Waals surface area contributed by atoms with Gasteiger partial charge < -0.3 is 5.32 Å². The minimum absolute atomic E-state index is 0.00248. The molecule has 0 aliphatic heterocycles. The van der Waals surface area contributed by atoms with Crippen LogP contribution in [-0.4, -0.2) is 43.0 Å². The van der Waals surface area contributed by atoms with Crippen molar-refractivity contribution >= 4 is 20.6 Å². The highest BCUT2D eigenvalue weighted by Gasteiger charge is 2.14. The first-order valence-electron chi connectivity index (χ1n) is 6.62. The number of nitriles is 1. The summed E-state index contributed by atoms with van der Waals surface area (Å²) in [6, 6.07) is 7.86. The lowest BCUT2D eigenvalue weighted by molar-refractivity contribution is 0.588. The Labute approximate surface area is 128 Å². The van der Waals surface area contributed by atoms with Crippen molar-refractivity contribution in [3.63, 3.8) is 0 Å². The van der Waals surface area contributed by atoms with Crippen LogP contribution in [0.15, 0.2) is 29.2 Å². The van der Waals surface area contributed by atoms with Gasteiger partial charge >= 0.3 is 0 Å². The van der Waals surface area contributed by atoms with Gasteiger partial charge in [-0.15, -0.1) is 0 Å². The number of nitrogens with zero attached hydrogens (tertiary/aromatic N) is 1. The van der Waals surface area contributed by atoms with Crippen LogP contribution in [0.5, 0.6) is 0 Å². The molecular formula is C14H20N2O3S2. The largest absolute Gasteiger partial charge is 0.316 e. The lowest BCUT2D eigenvalue weighted by Crippen LogP contribution is -2.26. The van der Waals surface area contributed by atoms with Gasteiger partial charge in [0, 0.05) is 28.9 Å². The predicted octanol–water partition coefficient (Wildman–Crippen LogP) is 1.08. The monoisotopic (exact) mass is 328 g/mol. The average Bonchev–Trinajstić information content (AvgIpc) is 2.46. The third-order valence-electron chi connectivity index (χ3n) is 3.18. The lowest BCUT2D eigenvalue weighted by Gasteiger charge is -2.09. The Morgan fingerprint density at radius 1 is 1.29 bits per heavy atom. The van der Waals surface area contributed by atoms with E-state index in [1.54, 1.807) is 6.26 Å². The molecule has 1 aromatic rings. The van der Waals surface area contributed by atoms with Crippen molar-refractivity contribution in [1.29, 1.82) is 5.26 Å². The van der Waals surface area contributed by atoms with Crippen molar-refractivity contribution in [3.05, 3.63) is 29.8 Å². The average molecular weight is 328 g/mol. The molecule has 7 heteroatoms. The van der Waals surface area contributed by atoms with Crippen LogP contribution in [0.3, 0.4) is 0 Å². The molecule has 0 radical (unpaired) electrons. The molecule has 0 bridgehead atoms. The van der Waals surface area contributed by atoms with Gasteiger partial charge in [-0.25, -0.2) is 8.42 Å². The summed E-state index contributed by atoms with van der Waals surface area (Å²) in [6.07, 6.45) is 2.42. The van der Waals surface area contributed by atoms with Gasteiger partial charge in [-0.3, -0.25) is 4.21 Å². The minimum atomic E-state index is -3.33. The number of sulfone groups is 1. The second kappa shape index (κ2) is 8.27. The number of benzene rings is 1. The third-order valence-corrected chi connectivity index (χ3v) is 6.29. The van der Waals surface area contributed by atoms with Crippen LogP contribution in [0.2, 0.25) is 0 Å². The summed E-state index contributed by atoms with van der Waals surface area (Å²) in [5.41, 5.74) is 0.439. The molecule has 0 aromatic heterocycles. The molecule has 0 aliphatic carbocycles. The Morgan fingerprint density at radius 2 is 1.90 bits per heavy atom. The molecular weight excluding hydrogens is 308 g/mol. The topological polar surface area (TPSA) is 87.0 Å². The van der Waals surface area contributed by atoms with E-state index in [-0.39, 0.29) is 15.9 Å². The van der Waals surface area contributed by atoms with Gasteiger partial charge in [-0.2, -0.15) is 5.26 Å². The molecule has 0 spiro atoms. The molecule has 0 aliphatic rings. The lowest BCUT2D eigenvalue weighted by atomic mass is 10.2. The van der Waals surface area contributed by atoms with Crippen LogP contribution in [0.1, 0.15) is 18.9 Å². The zero-order valence-electron chi connectivity index (χ0n) is 12.2. The summed E-state index contributed by atoms with van der Waals surface area (Å²) in [4.78, 5) is 0.228. The summed E-state index contributed by atoms with van der Waals surface area (Å²) in [6.45, 7) is 2.90. The Hall–Kier alpha value is -1.23. The van der Waals surface area contributed by atoms with E-state index in [2.05, 4.69) is 5.32 Å². The summed E-state index contributed by atoms with van der Waals surface area (Å²) in [7, 11) is -4.18. The first-order valence-corrected chi connectivity index (χ1v) is 9.90. The SMILES string of the molecule is CC(CCNCCS(=O)(=O)c1ccc(C#N)cc1)S(C)=O. The van der Waals surface area contributed by atoms with Crippen molar-refractivity contribution < 1.29 is 12.6 Å². The van der Waals surface area contributed by atoms with Gasteiger partial charge in [0.1, 0.15) is 0 Å². The van der Waals surface area contributed by atoms with Gasteiger partial charge in [-0.05, 0) is 37.2 Å². The summed E-state index contributed by atoms with van der Waals surface area (Å²) < 4.78 is 35.3. The Bertz CT molecular complexity index is 619. The zero-order valence-corrected chi connectivity index (χ0v) is 13.8. The highest BCUT2D eigenvalue weighted by molar-refractivity contribution is 7.91. The molecule has 5 nitrogen and oxygen atoms in total. The molecule has 0 heterocycles. The predicted molar refractivity (Wildman–Crippen MR) is 84.2 cm³/mol. The maximum absolute atomic E-state index is 12.1. The number of nitrogens with one attached hydrogen (secondary N) is 1. The fraction of sp³-hybridized carbons (Fsp3) is 0.500. The van der Waals surface area contributed by atoms with Crippen LogP contribution in [0, 0.1) is 11.3 Å². The third kappa shape index (κ3) is 5.96. The van der Waals surface area contributed by atoms with E-state index in [0.29, 0.717) is 18.7 Å². The van der Waals surface area contributed by atoms with Crippen LogP contribution >= 0.6 is 0 Å². The first-order chi connectivity index (χ1) is 9.86. The second-order valence-electron chi connectivity index (χ2n) is 4.80. The Kier molecular flexibility index (Phi) is 7.02. The fourth-order valence-corrected chi connectivity index (χ4v) is 3.31. The van der Waals surface area contributed by atoms with E-state index in [1.165, 1.54) is 24.3 Å². The van der Waals surface area contributed by atoms with Crippen LogP contribution in [0.25, 0.3) is 0 Å². The van der Waals surface area contributed by atoms with E-state index >= 15 is 0 Å². The maximum Gasteiger partial charge on any atom is 0.179 e. The van der Waals surface area contributed by atoms with Crippen molar-refractivity contribution in [2.24, 2.45) is 0 Å². The Morgan fingerprint density at radius 3 is 2.43 bits per heavy atom. The van der Waals surface area contributed by atoms with Crippen LogP contribution in [-0.2, 0) is 20.6 Å². The number of rotatable bonds is 8. The highest BCUT2D eigenvalue weighted by atomic mass is 32.2. The molecule has 0 saturated heterocycles.